The number of halogens is 2. The fourth-order valence-electron chi connectivity index (χ4n) is 4.23. The summed E-state index contributed by atoms with van der Waals surface area (Å²) >= 11 is 12.7. The molecule has 0 aliphatic carbocycles. The molecule has 0 radical (unpaired) electrons. The summed E-state index contributed by atoms with van der Waals surface area (Å²) in [5.74, 6) is 1.25. The lowest BCUT2D eigenvalue weighted by Crippen LogP contribution is -2.38. The first-order chi connectivity index (χ1) is 16.3. The third-order valence-electron chi connectivity index (χ3n) is 5.78. The highest BCUT2D eigenvalue weighted by Crippen LogP contribution is 2.43. The van der Waals surface area contributed by atoms with Crippen molar-refractivity contribution in [3.05, 3.63) is 72.8 Å². The second-order valence-corrected chi connectivity index (χ2v) is 9.39. The van der Waals surface area contributed by atoms with Crippen molar-refractivity contribution < 1.29 is 9.47 Å². The highest BCUT2D eigenvalue weighted by Gasteiger charge is 2.28. The Bertz CT molecular complexity index is 1550. The van der Waals surface area contributed by atoms with Crippen LogP contribution in [0.2, 0.25) is 10.0 Å². The molecule has 0 saturated carbocycles. The van der Waals surface area contributed by atoms with Gasteiger partial charge < -0.3 is 9.47 Å². The zero-order valence-corrected chi connectivity index (χ0v) is 20.4. The third kappa shape index (κ3) is 3.58. The molecule has 0 unspecified atom stereocenters. The molecular weight excluding hydrogens is 479 g/mol. The predicted molar refractivity (Wildman–Crippen MR) is 131 cm³/mol. The van der Waals surface area contributed by atoms with Gasteiger partial charge >= 0.3 is 5.69 Å². The SMILES string of the molecule is CC(C)Cn1c(=O)n(C)c(=O)c2c(-c3cccc4c3OCO4)n(Cc3cccc(Cl)c3Cl)nc21. The van der Waals surface area contributed by atoms with Crippen LogP contribution in [0.15, 0.2) is 46.0 Å². The van der Waals surface area contributed by atoms with E-state index in [1.165, 1.54) is 7.05 Å². The smallest absolute Gasteiger partial charge is 0.332 e. The average Bonchev–Trinajstić information content (AvgIpc) is 3.43. The molecule has 0 bridgehead atoms. The van der Waals surface area contributed by atoms with E-state index in [-0.39, 0.29) is 19.3 Å². The van der Waals surface area contributed by atoms with Crippen LogP contribution in [0, 0.1) is 5.92 Å². The molecule has 3 heterocycles. The van der Waals surface area contributed by atoms with E-state index in [4.69, 9.17) is 37.8 Å². The molecule has 0 amide bonds. The Labute approximate surface area is 204 Å². The van der Waals surface area contributed by atoms with Gasteiger partial charge in [0.05, 0.1) is 22.3 Å². The van der Waals surface area contributed by atoms with Gasteiger partial charge in [0.15, 0.2) is 17.1 Å². The van der Waals surface area contributed by atoms with Crippen molar-refractivity contribution in [1.82, 2.24) is 18.9 Å². The number of benzene rings is 2. The van der Waals surface area contributed by atoms with E-state index < -0.39 is 11.2 Å². The second kappa shape index (κ2) is 8.52. The normalized spacial score (nSPS) is 12.8. The molecular formula is C24H22Cl2N4O4. The van der Waals surface area contributed by atoms with E-state index in [1.54, 1.807) is 27.4 Å². The van der Waals surface area contributed by atoms with E-state index in [9.17, 15) is 9.59 Å². The molecule has 1 aliphatic heterocycles. The zero-order chi connectivity index (χ0) is 24.1. The first kappa shape index (κ1) is 22.6. The van der Waals surface area contributed by atoms with Crippen molar-refractivity contribution in [2.24, 2.45) is 13.0 Å². The van der Waals surface area contributed by atoms with Crippen LogP contribution in [0.25, 0.3) is 22.3 Å². The van der Waals surface area contributed by atoms with E-state index in [0.29, 0.717) is 50.4 Å². The Morgan fingerprint density at radius 3 is 2.62 bits per heavy atom. The van der Waals surface area contributed by atoms with Crippen LogP contribution in [0.5, 0.6) is 11.5 Å². The number of aromatic nitrogens is 4. The maximum atomic E-state index is 13.4. The topological polar surface area (TPSA) is 80.3 Å². The number of hydrogen-bond donors (Lipinski definition) is 0. The molecule has 8 nitrogen and oxygen atoms in total. The van der Waals surface area contributed by atoms with Crippen LogP contribution in [0.3, 0.4) is 0 Å². The minimum Gasteiger partial charge on any atom is -0.454 e. The number of hydrogen-bond acceptors (Lipinski definition) is 5. The van der Waals surface area contributed by atoms with Gasteiger partial charge in [-0.15, -0.1) is 0 Å². The van der Waals surface area contributed by atoms with E-state index in [0.717, 1.165) is 10.1 Å². The van der Waals surface area contributed by atoms with Gasteiger partial charge in [0, 0.05) is 19.2 Å². The number of fused-ring (bicyclic) bond motifs is 2. The van der Waals surface area contributed by atoms with E-state index >= 15 is 0 Å². The van der Waals surface area contributed by atoms with Crippen molar-refractivity contribution in [2.45, 2.75) is 26.9 Å². The minimum atomic E-state index is -0.435. The predicted octanol–water partition coefficient (Wildman–Crippen LogP) is 4.30. The summed E-state index contributed by atoms with van der Waals surface area (Å²) in [7, 11) is 1.48. The first-order valence-electron chi connectivity index (χ1n) is 10.8. The summed E-state index contributed by atoms with van der Waals surface area (Å²) in [6.45, 7) is 4.72. The largest absolute Gasteiger partial charge is 0.454 e. The Hall–Kier alpha value is -3.23. The molecule has 0 spiro atoms. The fraction of sp³-hybridized carbons (Fsp3) is 0.292. The number of para-hydroxylation sites is 1. The van der Waals surface area contributed by atoms with Gasteiger partial charge in [-0.25, -0.2) is 4.79 Å². The third-order valence-corrected chi connectivity index (χ3v) is 6.64. The summed E-state index contributed by atoms with van der Waals surface area (Å²) in [6.07, 6.45) is 0. The van der Waals surface area contributed by atoms with Gasteiger partial charge in [-0.1, -0.05) is 55.2 Å². The Kier molecular flexibility index (Phi) is 5.65. The van der Waals surface area contributed by atoms with Gasteiger partial charge in [0.1, 0.15) is 5.39 Å². The highest BCUT2D eigenvalue weighted by molar-refractivity contribution is 6.42. The molecule has 2 aromatic heterocycles. The summed E-state index contributed by atoms with van der Waals surface area (Å²) in [6, 6.07) is 10.8. The van der Waals surface area contributed by atoms with Crippen LogP contribution in [0.4, 0.5) is 0 Å². The van der Waals surface area contributed by atoms with Gasteiger partial charge in [-0.2, -0.15) is 5.10 Å². The van der Waals surface area contributed by atoms with Crippen LogP contribution >= 0.6 is 23.2 Å². The standard InChI is InChI=1S/C24H22Cl2N4O4/c1-13(2)10-29-22-18(23(31)28(3)24(29)32)20(15-7-5-9-17-21(15)34-12-33-17)30(27-22)11-14-6-4-8-16(25)19(14)26/h4-9,13H,10-12H2,1-3H3. The van der Waals surface area contributed by atoms with Crippen molar-refractivity contribution >= 4 is 34.2 Å². The van der Waals surface area contributed by atoms with Crippen molar-refractivity contribution in [2.75, 3.05) is 6.79 Å². The first-order valence-corrected chi connectivity index (χ1v) is 11.6. The molecule has 176 valence electrons. The summed E-state index contributed by atoms with van der Waals surface area (Å²) in [5.41, 5.74) is 1.35. The maximum absolute atomic E-state index is 13.4. The molecule has 0 atom stereocenters. The molecule has 2 aromatic carbocycles. The summed E-state index contributed by atoms with van der Waals surface area (Å²) in [4.78, 5) is 26.5. The second-order valence-electron chi connectivity index (χ2n) is 8.61. The Morgan fingerprint density at radius 1 is 1.09 bits per heavy atom. The molecule has 10 heteroatoms. The molecule has 0 fully saturated rings. The fourth-order valence-corrected chi connectivity index (χ4v) is 4.61. The van der Waals surface area contributed by atoms with Gasteiger partial charge in [0.2, 0.25) is 6.79 Å². The maximum Gasteiger partial charge on any atom is 0.332 e. The van der Waals surface area contributed by atoms with Crippen LogP contribution in [-0.2, 0) is 20.1 Å². The van der Waals surface area contributed by atoms with E-state index in [2.05, 4.69) is 0 Å². The lowest BCUT2D eigenvalue weighted by atomic mass is 10.1. The Morgan fingerprint density at radius 2 is 1.85 bits per heavy atom. The quantitative estimate of drug-likeness (QED) is 0.408. The lowest BCUT2D eigenvalue weighted by molar-refractivity contribution is 0.174. The lowest BCUT2D eigenvalue weighted by Gasteiger charge is -2.12. The van der Waals surface area contributed by atoms with Gasteiger partial charge in [0.25, 0.3) is 5.56 Å². The number of nitrogens with zero attached hydrogens (tertiary/aromatic N) is 4. The summed E-state index contributed by atoms with van der Waals surface area (Å²) in [5, 5.41) is 5.91. The molecule has 4 aromatic rings. The molecule has 1 aliphatic rings. The van der Waals surface area contributed by atoms with Crippen LogP contribution in [-0.4, -0.2) is 25.7 Å². The van der Waals surface area contributed by atoms with Crippen molar-refractivity contribution in [3.63, 3.8) is 0 Å². The molecule has 0 N–H and O–H groups in total. The Balaban J connectivity index is 1.87. The average molecular weight is 501 g/mol. The van der Waals surface area contributed by atoms with Gasteiger partial charge in [-0.05, 0) is 29.7 Å². The number of rotatable bonds is 5. The highest BCUT2D eigenvalue weighted by atomic mass is 35.5. The van der Waals surface area contributed by atoms with Crippen molar-refractivity contribution in [3.8, 4) is 22.8 Å². The number of ether oxygens (including phenoxy) is 2. The van der Waals surface area contributed by atoms with Crippen LogP contribution in [0.1, 0.15) is 19.4 Å². The molecule has 34 heavy (non-hydrogen) atoms. The summed E-state index contributed by atoms with van der Waals surface area (Å²) < 4.78 is 15.7. The monoisotopic (exact) mass is 500 g/mol. The minimum absolute atomic E-state index is 0.0780. The van der Waals surface area contributed by atoms with Crippen molar-refractivity contribution in [1.29, 1.82) is 0 Å². The zero-order valence-electron chi connectivity index (χ0n) is 18.8. The van der Waals surface area contributed by atoms with E-state index in [1.807, 2.05) is 32.0 Å². The molecule has 0 saturated heterocycles. The molecule has 5 rings (SSSR count). The van der Waals surface area contributed by atoms with Crippen LogP contribution < -0.4 is 20.7 Å². The van der Waals surface area contributed by atoms with Gasteiger partial charge in [-0.3, -0.25) is 18.6 Å².